The van der Waals surface area contributed by atoms with Gasteiger partial charge in [-0.1, -0.05) is 0 Å². The topological polar surface area (TPSA) is 47.8 Å². The minimum Gasteiger partial charge on any atom is -0.346 e. The number of aldehydes is 1. The fraction of sp³-hybridized carbons (Fsp3) is 0.222. The second-order valence-electron chi connectivity index (χ2n) is 3.07. The molecule has 0 unspecified atom stereocenters. The van der Waals surface area contributed by atoms with Crippen LogP contribution in [-0.4, -0.2) is 20.8 Å². The van der Waals surface area contributed by atoms with Crippen LogP contribution in [0.25, 0.3) is 11.0 Å². The molecule has 0 bridgehead atoms. The first kappa shape index (κ1) is 9.33. The van der Waals surface area contributed by atoms with Crippen LogP contribution in [0.4, 0.5) is 0 Å². The Morgan fingerprint density at radius 2 is 2.21 bits per heavy atom. The molecule has 0 amide bonds. The highest BCUT2D eigenvalue weighted by Crippen LogP contribution is 2.23. The van der Waals surface area contributed by atoms with Crippen LogP contribution in [-0.2, 0) is 7.05 Å². The molecule has 0 radical (unpaired) electrons. The highest BCUT2D eigenvalue weighted by Gasteiger charge is 2.11. The summed E-state index contributed by atoms with van der Waals surface area (Å²) in [4.78, 5) is 19.2. The Morgan fingerprint density at radius 3 is 2.86 bits per heavy atom. The van der Waals surface area contributed by atoms with Crippen LogP contribution in [0.5, 0.6) is 0 Å². The Labute approximate surface area is 89.1 Å². The van der Waals surface area contributed by atoms with Gasteiger partial charge in [0.1, 0.15) is 21.5 Å². The van der Waals surface area contributed by atoms with Crippen LogP contribution >= 0.6 is 15.9 Å². The van der Waals surface area contributed by atoms with Crippen LogP contribution in [0.15, 0.2) is 10.8 Å². The lowest BCUT2D eigenvalue weighted by Crippen LogP contribution is -1.93. The van der Waals surface area contributed by atoms with Crippen molar-refractivity contribution in [3.05, 3.63) is 22.2 Å². The van der Waals surface area contributed by atoms with E-state index in [1.807, 2.05) is 11.6 Å². The fourth-order valence-corrected chi connectivity index (χ4v) is 2.19. The van der Waals surface area contributed by atoms with Crippen LogP contribution in [0, 0.1) is 6.92 Å². The molecular weight excluding hydrogens is 246 g/mol. The number of halogens is 1. The molecule has 0 atom stereocenters. The van der Waals surface area contributed by atoms with Crippen LogP contribution in [0.3, 0.4) is 0 Å². The van der Waals surface area contributed by atoms with E-state index < -0.39 is 0 Å². The second-order valence-corrected chi connectivity index (χ2v) is 3.82. The van der Waals surface area contributed by atoms with Crippen molar-refractivity contribution >= 4 is 33.2 Å². The van der Waals surface area contributed by atoms with Crippen molar-refractivity contribution in [2.24, 2.45) is 7.05 Å². The summed E-state index contributed by atoms with van der Waals surface area (Å²) in [6.07, 6.45) is 2.55. The predicted octanol–water partition coefficient (Wildman–Crippen LogP) is 1.85. The molecule has 0 aliphatic heterocycles. The Kier molecular flexibility index (Phi) is 2.11. The van der Waals surface area contributed by atoms with E-state index >= 15 is 0 Å². The van der Waals surface area contributed by atoms with E-state index in [-0.39, 0.29) is 0 Å². The number of carbonyl (C=O) groups is 1. The van der Waals surface area contributed by atoms with Gasteiger partial charge in [-0.2, -0.15) is 0 Å². The van der Waals surface area contributed by atoms with Gasteiger partial charge < -0.3 is 4.57 Å². The van der Waals surface area contributed by atoms with E-state index in [9.17, 15) is 4.79 Å². The zero-order valence-corrected chi connectivity index (χ0v) is 9.37. The van der Waals surface area contributed by atoms with Gasteiger partial charge in [0.05, 0.1) is 5.56 Å². The normalized spacial score (nSPS) is 10.8. The highest BCUT2D eigenvalue weighted by atomic mass is 79.9. The maximum absolute atomic E-state index is 10.8. The number of aromatic nitrogens is 3. The largest absolute Gasteiger partial charge is 0.346 e. The van der Waals surface area contributed by atoms with E-state index in [1.54, 1.807) is 13.1 Å². The molecule has 0 spiro atoms. The highest BCUT2D eigenvalue weighted by molar-refractivity contribution is 9.10. The van der Waals surface area contributed by atoms with Crippen molar-refractivity contribution < 1.29 is 4.79 Å². The average Bonchev–Trinajstić information content (AvgIpc) is 2.42. The molecule has 2 heterocycles. The molecule has 0 fully saturated rings. The molecule has 0 saturated heterocycles. The average molecular weight is 254 g/mol. The molecule has 72 valence electrons. The standard InChI is InChI=1S/C9H8BrN3O/c1-5-11-7-6(4-14)3-13(2)8(7)9(10)12-5/h3-4H,1-2H3. The Bertz CT molecular complexity index is 518. The molecule has 0 N–H and O–H groups in total. The third-order valence-electron chi connectivity index (χ3n) is 2.04. The van der Waals surface area contributed by atoms with Crippen molar-refractivity contribution in [2.45, 2.75) is 6.92 Å². The van der Waals surface area contributed by atoms with Crippen LogP contribution in [0.2, 0.25) is 0 Å². The smallest absolute Gasteiger partial charge is 0.153 e. The van der Waals surface area contributed by atoms with Gasteiger partial charge in [0.25, 0.3) is 0 Å². The molecule has 0 aliphatic carbocycles. The first-order valence-electron chi connectivity index (χ1n) is 4.08. The quantitative estimate of drug-likeness (QED) is 0.576. The number of nitrogens with zero attached hydrogens (tertiary/aromatic N) is 3. The van der Waals surface area contributed by atoms with Gasteiger partial charge in [-0.15, -0.1) is 0 Å². The number of hydrogen-bond acceptors (Lipinski definition) is 3. The van der Waals surface area contributed by atoms with Crippen molar-refractivity contribution in [1.29, 1.82) is 0 Å². The number of rotatable bonds is 1. The van der Waals surface area contributed by atoms with Crippen molar-refractivity contribution in [3.8, 4) is 0 Å². The molecule has 14 heavy (non-hydrogen) atoms. The summed E-state index contributed by atoms with van der Waals surface area (Å²) in [5.41, 5.74) is 2.13. The monoisotopic (exact) mass is 253 g/mol. The zero-order valence-electron chi connectivity index (χ0n) is 7.78. The molecule has 0 aliphatic rings. The minimum atomic E-state index is 0.591. The lowest BCUT2D eigenvalue weighted by Gasteiger charge is -1.99. The Balaban J connectivity index is 2.96. The molecule has 0 aromatic carbocycles. The van der Waals surface area contributed by atoms with Crippen molar-refractivity contribution in [2.75, 3.05) is 0 Å². The maximum atomic E-state index is 10.8. The molecule has 5 heteroatoms. The summed E-state index contributed by atoms with van der Waals surface area (Å²) in [6, 6.07) is 0. The summed E-state index contributed by atoms with van der Waals surface area (Å²) in [6.45, 7) is 1.80. The Morgan fingerprint density at radius 1 is 1.50 bits per heavy atom. The van der Waals surface area contributed by atoms with Crippen molar-refractivity contribution in [3.63, 3.8) is 0 Å². The Hall–Kier alpha value is -1.23. The third-order valence-corrected chi connectivity index (χ3v) is 2.59. The second kappa shape index (κ2) is 3.16. The van der Waals surface area contributed by atoms with Gasteiger partial charge in [0.2, 0.25) is 0 Å². The number of fused-ring (bicyclic) bond motifs is 1. The van der Waals surface area contributed by atoms with Gasteiger partial charge in [-0.3, -0.25) is 4.79 Å². The number of hydrogen-bond donors (Lipinski definition) is 0. The SMILES string of the molecule is Cc1nc(Br)c2c(n1)c(C=O)cn2C. The minimum absolute atomic E-state index is 0.591. The molecule has 2 aromatic rings. The predicted molar refractivity (Wildman–Crippen MR) is 56.3 cm³/mol. The van der Waals surface area contributed by atoms with Gasteiger partial charge in [-0.25, -0.2) is 9.97 Å². The molecule has 0 saturated carbocycles. The summed E-state index contributed by atoms with van der Waals surface area (Å²) in [5, 5.41) is 0. The number of carbonyl (C=O) groups excluding carboxylic acids is 1. The summed E-state index contributed by atoms with van der Waals surface area (Å²) < 4.78 is 2.55. The van der Waals surface area contributed by atoms with Gasteiger partial charge in [0, 0.05) is 13.2 Å². The summed E-state index contributed by atoms with van der Waals surface area (Å²) >= 11 is 3.35. The van der Waals surface area contributed by atoms with Gasteiger partial charge in [0.15, 0.2) is 6.29 Å². The fourth-order valence-electron chi connectivity index (χ4n) is 1.47. The van der Waals surface area contributed by atoms with Crippen LogP contribution in [0.1, 0.15) is 16.2 Å². The zero-order chi connectivity index (χ0) is 10.3. The van der Waals surface area contributed by atoms with Crippen molar-refractivity contribution in [1.82, 2.24) is 14.5 Å². The third kappa shape index (κ3) is 1.24. The van der Waals surface area contributed by atoms with E-state index in [2.05, 4.69) is 25.9 Å². The van der Waals surface area contributed by atoms with E-state index in [1.165, 1.54) is 0 Å². The summed E-state index contributed by atoms with van der Waals surface area (Å²) in [7, 11) is 1.86. The first-order valence-corrected chi connectivity index (χ1v) is 4.87. The number of aryl methyl sites for hydroxylation is 2. The molecular formula is C9H8BrN3O. The lowest BCUT2D eigenvalue weighted by molar-refractivity contribution is 0.112. The maximum Gasteiger partial charge on any atom is 0.153 e. The first-order chi connectivity index (χ1) is 6.63. The molecule has 2 rings (SSSR count). The van der Waals surface area contributed by atoms with E-state index in [0.29, 0.717) is 16.9 Å². The molecule has 2 aromatic heterocycles. The van der Waals surface area contributed by atoms with Crippen LogP contribution < -0.4 is 0 Å². The van der Waals surface area contributed by atoms with Gasteiger partial charge >= 0.3 is 0 Å². The lowest BCUT2D eigenvalue weighted by atomic mass is 10.3. The van der Waals surface area contributed by atoms with E-state index in [0.717, 1.165) is 16.4 Å². The molecule has 4 nitrogen and oxygen atoms in total. The summed E-state index contributed by atoms with van der Waals surface area (Å²) in [5.74, 6) is 0.652. The van der Waals surface area contributed by atoms with E-state index in [4.69, 9.17) is 0 Å². The van der Waals surface area contributed by atoms with Gasteiger partial charge in [-0.05, 0) is 22.9 Å².